The lowest BCUT2D eigenvalue weighted by Gasteiger charge is -2.10. The number of hydrogen-bond acceptors (Lipinski definition) is 5. The van der Waals surface area contributed by atoms with Gasteiger partial charge < -0.3 is 5.32 Å². The third kappa shape index (κ3) is 5.39. The van der Waals surface area contributed by atoms with Gasteiger partial charge in [0.2, 0.25) is 5.91 Å². The van der Waals surface area contributed by atoms with Crippen molar-refractivity contribution in [1.82, 2.24) is 9.55 Å². The quantitative estimate of drug-likeness (QED) is 0.505. The molecule has 1 aromatic heterocycles. The number of nitrogens with one attached hydrogen (secondary N) is 1. The second kappa shape index (κ2) is 9.65. The first-order valence-corrected chi connectivity index (χ1v) is 10.7. The molecule has 0 aliphatic carbocycles. The molecule has 0 unspecified atom stereocenters. The van der Waals surface area contributed by atoms with Crippen LogP contribution in [0.4, 0.5) is 5.69 Å². The molecule has 136 valence electrons. The van der Waals surface area contributed by atoms with E-state index < -0.39 is 0 Å². The van der Waals surface area contributed by atoms with E-state index in [1.807, 2.05) is 59.3 Å². The SMILES string of the molecule is N#CCSc1ccccc1NC(=O)CSc1nccn1-c1ccc(Br)cc1. The fourth-order valence-electron chi connectivity index (χ4n) is 2.32. The molecule has 1 N–H and O–H groups in total. The number of nitrogens with zero attached hydrogens (tertiary/aromatic N) is 3. The molecule has 27 heavy (non-hydrogen) atoms. The largest absolute Gasteiger partial charge is 0.324 e. The first kappa shape index (κ1) is 19.5. The molecule has 0 aliphatic rings. The summed E-state index contributed by atoms with van der Waals surface area (Å²) in [7, 11) is 0. The minimum atomic E-state index is -0.115. The normalized spacial score (nSPS) is 10.4. The standard InChI is InChI=1S/C19H15BrN4OS2/c20-14-5-7-15(8-6-14)24-11-10-22-19(24)27-13-18(25)23-16-3-1-2-4-17(16)26-12-9-21/h1-8,10-11H,12-13H2,(H,23,25). The highest BCUT2D eigenvalue weighted by Crippen LogP contribution is 2.27. The molecule has 2 aromatic carbocycles. The zero-order chi connectivity index (χ0) is 19.1. The van der Waals surface area contributed by atoms with Crippen LogP contribution >= 0.6 is 39.5 Å². The van der Waals surface area contributed by atoms with Crippen LogP contribution in [0.2, 0.25) is 0 Å². The van der Waals surface area contributed by atoms with E-state index >= 15 is 0 Å². The van der Waals surface area contributed by atoms with Crippen molar-refractivity contribution in [2.24, 2.45) is 0 Å². The van der Waals surface area contributed by atoms with Gasteiger partial charge in [-0.1, -0.05) is 39.8 Å². The molecule has 0 saturated carbocycles. The number of anilines is 1. The summed E-state index contributed by atoms with van der Waals surface area (Å²) in [6, 6.07) is 17.5. The van der Waals surface area contributed by atoms with Crippen molar-refractivity contribution < 1.29 is 4.79 Å². The molecule has 3 aromatic rings. The van der Waals surface area contributed by atoms with Crippen molar-refractivity contribution in [1.29, 1.82) is 5.26 Å². The maximum absolute atomic E-state index is 12.4. The number of nitriles is 1. The van der Waals surface area contributed by atoms with Gasteiger partial charge in [0.15, 0.2) is 5.16 Å². The number of halogens is 1. The Morgan fingerprint density at radius 2 is 1.96 bits per heavy atom. The number of thioether (sulfide) groups is 2. The molecule has 8 heteroatoms. The van der Waals surface area contributed by atoms with Crippen molar-refractivity contribution in [3.05, 3.63) is 65.4 Å². The van der Waals surface area contributed by atoms with E-state index in [-0.39, 0.29) is 11.7 Å². The topological polar surface area (TPSA) is 70.7 Å². The monoisotopic (exact) mass is 458 g/mol. The van der Waals surface area contributed by atoms with E-state index in [4.69, 9.17) is 5.26 Å². The minimum absolute atomic E-state index is 0.115. The molecule has 1 heterocycles. The van der Waals surface area contributed by atoms with Gasteiger partial charge in [0.05, 0.1) is 23.3 Å². The number of carbonyl (C=O) groups is 1. The number of benzene rings is 2. The Kier molecular flexibility index (Phi) is 6.98. The predicted octanol–water partition coefficient (Wildman–Crippen LogP) is 4.98. The average molecular weight is 459 g/mol. The highest BCUT2D eigenvalue weighted by atomic mass is 79.9. The smallest absolute Gasteiger partial charge is 0.234 e. The number of para-hydroxylation sites is 1. The van der Waals surface area contributed by atoms with Crippen LogP contribution in [0, 0.1) is 11.3 Å². The summed E-state index contributed by atoms with van der Waals surface area (Å²) in [4.78, 5) is 17.6. The lowest BCUT2D eigenvalue weighted by atomic mass is 10.3. The first-order chi connectivity index (χ1) is 13.2. The molecular weight excluding hydrogens is 444 g/mol. The molecular formula is C19H15BrN4OS2. The van der Waals surface area contributed by atoms with Crippen LogP contribution in [-0.2, 0) is 4.79 Å². The molecule has 0 bridgehead atoms. The van der Waals surface area contributed by atoms with Gasteiger partial charge in [-0.3, -0.25) is 9.36 Å². The van der Waals surface area contributed by atoms with Gasteiger partial charge in [-0.25, -0.2) is 4.98 Å². The van der Waals surface area contributed by atoms with E-state index in [1.165, 1.54) is 23.5 Å². The zero-order valence-electron chi connectivity index (χ0n) is 14.1. The number of imidazole rings is 1. The summed E-state index contributed by atoms with van der Waals surface area (Å²) in [6.07, 6.45) is 3.59. The second-order valence-corrected chi connectivity index (χ2v) is 8.21. The summed E-state index contributed by atoms with van der Waals surface area (Å²) >= 11 is 6.20. The summed E-state index contributed by atoms with van der Waals surface area (Å²) in [5.74, 6) is 0.465. The van der Waals surface area contributed by atoms with Gasteiger partial charge in [-0.05, 0) is 36.4 Å². The summed E-state index contributed by atoms with van der Waals surface area (Å²) in [6.45, 7) is 0. The molecule has 0 atom stereocenters. The van der Waals surface area contributed by atoms with Crippen molar-refractivity contribution in [2.45, 2.75) is 10.1 Å². The average Bonchev–Trinajstić information content (AvgIpc) is 3.15. The van der Waals surface area contributed by atoms with Crippen LogP contribution in [0.25, 0.3) is 5.69 Å². The van der Waals surface area contributed by atoms with Crippen LogP contribution in [0.15, 0.2) is 75.4 Å². The maximum Gasteiger partial charge on any atom is 0.234 e. The van der Waals surface area contributed by atoms with E-state index in [0.717, 1.165) is 25.9 Å². The zero-order valence-corrected chi connectivity index (χ0v) is 17.4. The highest BCUT2D eigenvalue weighted by Gasteiger charge is 2.11. The highest BCUT2D eigenvalue weighted by molar-refractivity contribution is 9.10. The van der Waals surface area contributed by atoms with Crippen LogP contribution in [-0.4, -0.2) is 27.0 Å². The third-order valence-electron chi connectivity index (χ3n) is 3.50. The Labute approximate surface area is 174 Å². The molecule has 0 spiro atoms. The second-order valence-electron chi connectivity index (χ2n) is 5.34. The molecule has 3 rings (SSSR count). The van der Waals surface area contributed by atoms with Crippen LogP contribution in [0.5, 0.6) is 0 Å². The Bertz CT molecular complexity index is 966. The van der Waals surface area contributed by atoms with E-state index in [2.05, 4.69) is 32.3 Å². The van der Waals surface area contributed by atoms with Crippen molar-refractivity contribution >= 4 is 51.0 Å². The fourth-order valence-corrected chi connectivity index (χ4v) is 4.02. The van der Waals surface area contributed by atoms with Gasteiger partial charge in [0, 0.05) is 27.4 Å². The Morgan fingerprint density at radius 1 is 1.19 bits per heavy atom. The number of hydrogen-bond donors (Lipinski definition) is 1. The van der Waals surface area contributed by atoms with Crippen LogP contribution < -0.4 is 5.32 Å². The predicted molar refractivity (Wildman–Crippen MR) is 113 cm³/mol. The molecule has 0 fully saturated rings. The van der Waals surface area contributed by atoms with Crippen molar-refractivity contribution in [3.8, 4) is 11.8 Å². The fraction of sp³-hybridized carbons (Fsp3) is 0.105. The van der Waals surface area contributed by atoms with Gasteiger partial charge in [-0.15, -0.1) is 11.8 Å². The summed E-state index contributed by atoms with van der Waals surface area (Å²) in [5.41, 5.74) is 1.71. The number of rotatable bonds is 7. The Hall–Kier alpha value is -2.21. The molecule has 0 radical (unpaired) electrons. The minimum Gasteiger partial charge on any atom is -0.324 e. The third-order valence-corrected chi connectivity index (χ3v) is 5.93. The lowest BCUT2D eigenvalue weighted by molar-refractivity contribution is -0.113. The lowest BCUT2D eigenvalue weighted by Crippen LogP contribution is -2.15. The first-order valence-electron chi connectivity index (χ1n) is 7.98. The maximum atomic E-state index is 12.4. The molecule has 0 saturated heterocycles. The van der Waals surface area contributed by atoms with Crippen molar-refractivity contribution in [2.75, 3.05) is 16.8 Å². The van der Waals surface area contributed by atoms with E-state index in [9.17, 15) is 4.79 Å². The molecule has 0 aliphatic heterocycles. The summed E-state index contributed by atoms with van der Waals surface area (Å²) in [5, 5.41) is 12.4. The number of aromatic nitrogens is 2. The van der Waals surface area contributed by atoms with Crippen LogP contribution in [0.3, 0.4) is 0 Å². The van der Waals surface area contributed by atoms with E-state index in [0.29, 0.717) is 5.75 Å². The van der Waals surface area contributed by atoms with Crippen molar-refractivity contribution in [3.63, 3.8) is 0 Å². The van der Waals surface area contributed by atoms with E-state index in [1.54, 1.807) is 6.20 Å². The van der Waals surface area contributed by atoms with Gasteiger partial charge >= 0.3 is 0 Å². The molecule has 5 nitrogen and oxygen atoms in total. The Morgan fingerprint density at radius 3 is 2.74 bits per heavy atom. The van der Waals surface area contributed by atoms with Gasteiger partial charge in [0.25, 0.3) is 0 Å². The van der Waals surface area contributed by atoms with Gasteiger partial charge in [0.1, 0.15) is 0 Å². The number of amides is 1. The number of carbonyl (C=O) groups excluding carboxylic acids is 1. The summed E-state index contributed by atoms with van der Waals surface area (Å²) < 4.78 is 2.95. The van der Waals surface area contributed by atoms with Gasteiger partial charge in [-0.2, -0.15) is 5.26 Å². The molecule has 1 amide bonds. The van der Waals surface area contributed by atoms with Crippen LogP contribution in [0.1, 0.15) is 0 Å². The Balaban J connectivity index is 1.63.